The molecule has 0 aliphatic heterocycles. The van der Waals surface area contributed by atoms with E-state index in [1.54, 1.807) is 11.1 Å². The van der Waals surface area contributed by atoms with Crippen molar-refractivity contribution in [3.63, 3.8) is 0 Å². The summed E-state index contributed by atoms with van der Waals surface area (Å²) in [5.74, 6) is 1.44. The predicted octanol–water partition coefficient (Wildman–Crippen LogP) is 8.25. The Morgan fingerprint density at radius 1 is 0.969 bits per heavy atom. The van der Waals surface area contributed by atoms with Crippen LogP contribution in [0, 0.1) is 11.3 Å². The van der Waals surface area contributed by atoms with Crippen LogP contribution in [0.3, 0.4) is 0 Å². The van der Waals surface area contributed by atoms with Crippen molar-refractivity contribution in [1.82, 2.24) is 0 Å². The number of rotatable bonds is 4. The lowest BCUT2D eigenvalue weighted by molar-refractivity contribution is 0.0198. The zero-order valence-corrected chi connectivity index (χ0v) is 20.1. The van der Waals surface area contributed by atoms with Crippen LogP contribution >= 0.6 is 0 Å². The minimum absolute atomic E-state index is 0.0597. The van der Waals surface area contributed by atoms with E-state index in [1.807, 2.05) is 6.07 Å². The SMILES string of the molecule is CC(C)c1ccc2c(c1)CC[C@H]1C(C)(CC(=O)c3ccc4ccccc4c3)CCC[C@]21C. The lowest BCUT2D eigenvalue weighted by atomic mass is 9.49. The average molecular weight is 425 g/mol. The molecular weight excluding hydrogens is 388 g/mol. The van der Waals surface area contributed by atoms with E-state index in [1.165, 1.54) is 30.2 Å². The molecule has 32 heavy (non-hydrogen) atoms. The molecule has 0 aromatic heterocycles. The van der Waals surface area contributed by atoms with E-state index in [0.29, 0.717) is 24.0 Å². The monoisotopic (exact) mass is 424 g/mol. The standard InChI is InChI=1S/C31H36O/c1-21(2)23-12-14-27-25(18-23)13-15-29-30(3,16-7-17-31(27,29)4)20-28(32)26-11-10-22-8-5-6-9-24(22)19-26/h5-6,8-12,14,18-19,21,29H,7,13,15-17,20H2,1-4H3/t29-,30?,31+/m0/s1. The Morgan fingerprint density at radius 3 is 2.53 bits per heavy atom. The first-order chi connectivity index (χ1) is 15.3. The van der Waals surface area contributed by atoms with Gasteiger partial charge in [-0.05, 0) is 81.9 Å². The number of carbonyl (C=O) groups excluding carboxylic acids is 1. The topological polar surface area (TPSA) is 17.1 Å². The van der Waals surface area contributed by atoms with E-state index in [4.69, 9.17) is 0 Å². The Morgan fingerprint density at radius 2 is 1.75 bits per heavy atom. The summed E-state index contributed by atoms with van der Waals surface area (Å²) in [5.41, 5.74) is 5.68. The van der Waals surface area contributed by atoms with Gasteiger partial charge < -0.3 is 0 Å². The summed E-state index contributed by atoms with van der Waals surface area (Å²) in [7, 11) is 0. The Kier molecular flexibility index (Phi) is 5.27. The van der Waals surface area contributed by atoms with Crippen LogP contribution in [0.1, 0.15) is 92.8 Å². The van der Waals surface area contributed by atoms with Crippen LogP contribution < -0.4 is 0 Å². The number of hydrogen-bond donors (Lipinski definition) is 0. The first-order valence-corrected chi connectivity index (χ1v) is 12.5. The summed E-state index contributed by atoms with van der Waals surface area (Å²) in [4.78, 5) is 13.5. The fraction of sp³-hybridized carbons (Fsp3) is 0.452. The first kappa shape index (κ1) is 21.4. The number of benzene rings is 3. The van der Waals surface area contributed by atoms with Crippen LogP contribution in [0.15, 0.2) is 60.7 Å². The molecule has 5 rings (SSSR count). The van der Waals surface area contributed by atoms with Gasteiger partial charge in [-0.15, -0.1) is 0 Å². The highest BCUT2D eigenvalue weighted by atomic mass is 16.1. The van der Waals surface area contributed by atoms with Crippen molar-refractivity contribution in [2.75, 3.05) is 0 Å². The summed E-state index contributed by atoms with van der Waals surface area (Å²) in [5, 5.41) is 2.36. The number of fused-ring (bicyclic) bond motifs is 4. The van der Waals surface area contributed by atoms with E-state index in [-0.39, 0.29) is 10.8 Å². The van der Waals surface area contributed by atoms with Gasteiger partial charge in [0.05, 0.1) is 0 Å². The van der Waals surface area contributed by atoms with Gasteiger partial charge in [-0.3, -0.25) is 4.79 Å². The van der Waals surface area contributed by atoms with Crippen LogP contribution in [0.2, 0.25) is 0 Å². The van der Waals surface area contributed by atoms with Crippen LogP contribution in [0.25, 0.3) is 10.8 Å². The second-order valence-corrected chi connectivity index (χ2v) is 11.2. The number of aryl methyl sites for hydroxylation is 1. The minimum atomic E-state index is 0.0597. The third-order valence-corrected chi connectivity index (χ3v) is 8.80. The summed E-state index contributed by atoms with van der Waals surface area (Å²) in [6, 6.07) is 21.8. The van der Waals surface area contributed by atoms with Gasteiger partial charge in [-0.25, -0.2) is 0 Å². The molecule has 0 saturated heterocycles. The molecular formula is C31H36O. The molecule has 0 heterocycles. The molecule has 0 spiro atoms. The number of hydrogen-bond acceptors (Lipinski definition) is 1. The molecule has 1 fully saturated rings. The Hall–Kier alpha value is -2.41. The molecule has 1 heteroatoms. The largest absolute Gasteiger partial charge is 0.294 e. The molecule has 3 aromatic carbocycles. The average Bonchev–Trinajstić information content (AvgIpc) is 2.78. The van der Waals surface area contributed by atoms with Gasteiger partial charge in [0.1, 0.15) is 0 Å². The van der Waals surface area contributed by atoms with E-state index >= 15 is 0 Å². The second kappa shape index (κ2) is 7.87. The summed E-state index contributed by atoms with van der Waals surface area (Å²) in [6.45, 7) is 9.46. The van der Waals surface area contributed by atoms with Crippen LogP contribution in [0.4, 0.5) is 0 Å². The molecule has 1 saturated carbocycles. The molecule has 3 aromatic rings. The lowest BCUT2D eigenvalue weighted by Crippen LogP contribution is -2.49. The van der Waals surface area contributed by atoms with Gasteiger partial charge >= 0.3 is 0 Å². The first-order valence-electron chi connectivity index (χ1n) is 12.5. The van der Waals surface area contributed by atoms with Crippen molar-refractivity contribution < 1.29 is 4.79 Å². The predicted molar refractivity (Wildman–Crippen MR) is 135 cm³/mol. The Balaban J connectivity index is 1.45. The van der Waals surface area contributed by atoms with Crippen LogP contribution in [-0.2, 0) is 11.8 Å². The zero-order valence-electron chi connectivity index (χ0n) is 20.1. The van der Waals surface area contributed by atoms with Gasteiger partial charge in [-0.2, -0.15) is 0 Å². The molecule has 2 aliphatic carbocycles. The number of carbonyl (C=O) groups is 1. The molecule has 2 aliphatic rings. The Bertz CT molecular complexity index is 1170. The molecule has 0 radical (unpaired) electrons. The summed E-state index contributed by atoms with van der Waals surface area (Å²) in [6.07, 6.45) is 6.62. The third kappa shape index (κ3) is 3.51. The highest BCUT2D eigenvalue weighted by molar-refractivity contribution is 6.00. The van der Waals surface area contributed by atoms with Crippen LogP contribution in [0.5, 0.6) is 0 Å². The summed E-state index contributed by atoms with van der Waals surface area (Å²) < 4.78 is 0. The molecule has 0 bridgehead atoms. The van der Waals surface area contributed by atoms with Crippen LogP contribution in [-0.4, -0.2) is 5.78 Å². The molecule has 0 N–H and O–H groups in total. The molecule has 1 unspecified atom stereocenters. The number of Topliss-reactive ketones (excluding diaryl/α,β-unsaturated/α-hetero) is 1. The summed E-state index contributed by atoms with van der Waals surface area (Å²) >= 11 is 0. The van der Waals surface area contributed by atoms with Crippen molar-refractivity contribution in [1.29, 1.82) is 0 Å². The van der Waals surface area contributed by atoms with Gasteiger partial charge in [-0.1, -0.05) is 88.7 Å². The maximum Gasteiger partial charge on any atom is 0.163 e. The smallest absolute Gasteiger partial charge is 0.163 e. The van der Waals surface area contributed by atoms with Crippen molar-refractivity contribution in [2.24, 2.45) is 11.3 Å². The number of ketones is 1. The van der Waals surface area contributed by atoms with Crippen molar-refractivity contribution in [3.8, 4) is 0 Å². The van der Waals surface area contributed by atoms with E-state index in [9.17, 15) is 4.79 Å². The molecule has 1 nitrogen and oxygen atoms in total. The zero-order chi connectivity index (χ0) is 22.5. The van der Waals surface area contributed by atoms with Gasteiger partial charge in [0, 0.05) is 12.0 Å². The quantitative estimate of drug-likeness (QED) is 0.385. The highest BCUT2D eigenvalue weighted by Gasteiger charge is 2.52. The maximum atomic E-state index is 13.5. The van der Waals surface area contributed by atoms with Crippen molar-refractivity contribution in [3.05, 3.63) is 82.9 Å². The second-order valence-electron chi connectivity index (χ2n) is 11.2. The van der Waals surface area contributed by atoms with Gasteiger partial charge in [0.25, 0.3) is 0 Å². The molecule has 0 amide bonds. The Labute approximate surface area is 193 Å². The molecule has 3 atom stereocenters. The van der Waals surface area contributed by atoms with Crippen molar-refractivity contribution >= 4 is 16.6 Å². The van der Waals surface area contributed by atoms with Crippen molar-refractivity contribution in [2.45, 2.75) is 77.6 Å². The fourth-order valence-corrected chi connectivity index (χ4v) is 7.05. The third-order valence-electron chi connectivity index (χ3n) is 8.80. The minimum Gasteiger partial charge on any atom is -0.294 e. The lowest BCUT2D eigenvalue weighted by Gasteiger charge is -2.55. The molecule has 166 valence electrons. The van der Waals surface area contributed by atoms with E-state index in [2.05, 4.69) is 82.3 Å². The van der Waals surface area contributed by atoms with E-state index in [0.717, 1.165) is 23.8 Å². The van der Waals surface area contributed by atoms with E-state index < -0.39 is 0 Å². The van der Waals surface area contributed by atoms with Gasteiger partial charge in [0.2, 0.25) is 0 Å². The van der Waals surface area contributed by atoms with Gasteiger partial charge in [0.15, 0.2) is 5.78 Å². The maximum absolute atomic E-state index is 13.5. The highest BCUT2D eigenvalue weighted by Crippen LogP contribution is 2.58. The fourth-order valence-electron chi connectivity index (χ4n) is 7.05. The normalized spacial score (nSPS) is 27.2.